The van der Waals surface area contributed by atoms with Gasteiger partial charge in [-0.25, -0.2) is 0 Å². The number of rotatable bonds is 6. The van der Waals surface area contributed by atoms with Crippen molar-refractivity contribution in [1.82, 2.24) is 0 Å². The Morgan fingerprint density at radius 3 is 2.47 bits per heavy atom. The Morgan fingerprint density at radius 2 is 2.00 bits per heavy atom. The maximum absolute atomic E-state index is 5.81. The first-order chi connectivity index (χ1) is 7.17. The quantitative estimate of drug-likeness (QED) is 0.780. The fourth-order valence-corrected chi connectivity index (χ4v) is 2.99. The molecule has 0 spiro atoms. The summed E-state index contributed by atoms with van der Waals surface area (Å²) in [6.45, 7) is 6.59. The third-order valence-electron chi connectivity index (χ3n) is 2.90. The molecule has 2 N–H and O–H groups in total. The van der Waals surface area contributed by atoms with Crippen molar-refractivity contribution >= 4 is 11.3 Å². The molecule has 2 atom stereocenters. The zero-order valence-electron chi connectivity index (χ0n) is 10.1. The fourth-order valence-electron chi connectivity index (χ4n) is 1.82. The van der Waals surface area contributed by atoms with E-state index in [9.17, 15) is 0 Å². The lowest BCUT2D eigenvalue weighted by atomic mass is 9.96. The molecule has 0 fully saturated rings. The monoisotopic (exact) mass is 225 g/mol. The summed E-state index contributed by atoms with van der Waals surface area (Å²) in [7, 11) is 0. The van der Waals surface area contributed by atoms with Crippen molar-refractivity contribution in [3.05, 3.63) is 21.9 Å². The molecule has 1 heterocycles. The molecule has 0 saturated heterocycles. The zero-order valence-corrected chi connectivity index (χ0v) is 10.9. The highest BCUT2D eigenvalue weighted by molar-refractivity contribution is 7.12. The van der Waals surface area contributed by atoms with Gasteiger partial charge in [-0.1, -0.05) is 13.8 Å². The minimum absolute atomic E-state index is 0.338. The summed E-state index contributed by atoms with van der Waals surface area (Å²) in [5, 5.41) is 0. The van der Waals surface area contributed by atoms with Crippen LogP contribution in [0.1, 0.15) is 55.7 Å². The minimum atomic E-state index is 0.338. The first-order valence-electron chi connectivity index (χ1n) is 6.01. The second-order valence-electron chi connectivity index (χ2n) is 4.32. The summed E-state index contributed by atoms with van der Waals surface area (Å²) in [6, 6.07) is 4.91. The second kappa shape index (κ2) is 6.29. The van der Waals surface area contributed by atoms with Crippen LogP contribution in [0.3, 0.4) is 0 Å². The van der Waals surface area contributed by atoms with Crippen LogP contribution < -0.4 is 5.73 Å². The van der Waals surface area contributed by atoms with Crippen LogP contribution in [0, 0.1) is 0 Å². The molecular weight excluding hydrogens is 202 g/mol. The molecule has 0 radical (unpaired) electrons. The second-order valence-corrected chi connectivity index (χ2v) is 5.52. The third kappa shape index (κ3) is 3.96. The summed E-state index contributed by atoms with van der Waals surface area (Å²) in [5.41, 5.74) is 5.81. The normalized spacial score (nSPS) is 15.2. The molecule has 15 heavy (non-hydrogen) atoms. The van der Waals surface area contributed by atoms with Crippen molar-refractivity contribution in [3.63, 3.8) is 0 Å². The van der Waals surface area contributed by atoms with Crippen molar-refractivity contribution in [1.29, 1.82) is 0 Å². The molecule has 0 aliphatic heterocycles. The molecule has 0 saturated carbocycles. The molecule has 1 rings (SSSR count). The van der Waals surface area contributed by atoms with Crippen LogP contribution in [0.5, 0.6) is 0 Å². The Bertz CT molecular complexity index is 278. The molecule has 0 aliphatic rings. The molecular formula is C13H23NS. The SMILES string of the molecule is CCc1ccc(C(CC)CCC(C)N)s1. The van der Waals surface area contributed by atoms with Crippen LogP contribution in [0.2, 0.25) is 0 Å². The molecule has 0 amide bonds. The highest BCUT2D eigenvalue weighted by Crippen LogP contribution is 2.31. The molecule has 0 bridgehead atoms. The highest BCUT2D eigenvalue weighted by atomic mass is 32.1. The van der Waals surface area contributed by atoms with Crippen molar-refractivity contribution in [2.45, 2.75) is 58.4 Å². The molecule has 1 aromatic rings. The summed E-state index contributed by atoms with van der Waals surface area (Å²) in [5.74, 6) is 0.723. The van der Waals surface area contributed by atoms with Crippen molar-refractivity contribution in [2.75, 3.05) is 0 Å². The molecule has 2 heteroatoms. The van der Waals surface area contributed by atoms with Gasteiger partial charge >= 0.3 is 0 Å². The van der Waals surface area contributed by atoms with Crippen LogP contribution >= 0.6 is 11.3 Å². The van der Waals surface area contributed by atoms with E-state index in [-0.39, 0.29) is 0 Å². The largest absolute Gasteiger partial charge is 0.328 e. The smallest absolute Gasteiger partial charge is 0.00790 e. The first-order valence-corrected chi connectivity index (χ1v) is 6.83. The number of nitrogens with two attached hydrogens (primary N) is 1. The van der Waals surface area contributed by atoms with Gasteiger partial charge in [-0.3, -0.25) is 0 Å². The van der Waals surface area contributed by atoms with E-state index in [2.05, 4.69) is 32.9 Å². The van der Waals surface area contributed by atoms with Crippen LogP contribution in [0.25, 0.3) is 0 Å². The Kier molecular flexibility index (Phi) is 5.34. The van der Waals surface area contributed by atoms with Crippen LogP contribution in [-0.2, 0) is 6.42 Å². The maximum atomic E-state index is 5.81. The standard InChI is InChI=1S/C13H23NS/c1-4-11(7-6-10(3)14)13-9-8-12(5-2)15-13/h8-11H,4-7,14H2,1-3H3. The molecule has 2 unspecified atom stereocenters. The molecule has 0 aromatic carbocycles. The van der Waals surface area contributed by atoms with Crippen molar-refractivity contribution in [2.24, 2.45) is 5.73 Å². The minimum Gasteiger partial charge on any atom is -0.328 e. The lowest BCUT2D eigenvalue weighted by molar-refractivity contribution is 0.538. The van der Waals surface area contributed by atoms with E-state index >= 15 is 0 Å². The van der Waals surface area contributed by atoms with Gasteiger partial charge in [0.1, 0.15) is 0 Å². The van der Waals surface area contributed by atoms with Crippen molar-refractivity contribution < 1.29 is 0 Å². The average Bonchev–Trinajstić information content (AvgIpc) is 2.67. The average molecular weight is 225 g/mol. The summed E-state index contributed by atoms with van der Waals surface area (Å²) >= 11 is 1.98. The summed E-state index contributed by atoms with van der Waals surface area (Å²) < 4.78 is 0. The van der Waals surface area contributed by atoms with E-state index in [1.54, 1.807) is 4.88 Å². The van der Waals surface area contributed by atoms with E-state index in [0.29, 0.717) is 6.04 Å². The lowest BCUT2D eigenvalue weighted by Crippen LogP contribution is -2.15. The van der Waals surface area contributed by atoms with E-state index in [1.165, 1.54) is 17.7 Å². The van der Waals surface area contributed by atoms with Gasteiger partial charge in [0, 0.05) is 15.8 Å². The van der Waals surface area contributed by atoms with E-state index in [0.717, 1.165) is 18.8 Å². The molecule has 0 aliphatic carbocycles. The fraction of sp³-hybridized carbons (Fsp3) is 0.692. The summed E-state index contributed by atoms with van der Waals surface area (Å²) in [4.78, 5) is 3.05. The Morgan fingerprint density at radius 1 is 1.27 bits per heavy atom. The molecule has 1 aromatic heterocycles. The van der Waals surface area contributed by atoms with E-state index in [4.69, 9.17) is 5.73 Å². The van der Waals surface area contributed by atoms with Gasteiger partial charge < -0.3 is 5.73 Å². The number of aryl methyl sites for hydroxylation is 1. The Balaban J connectivity index is 2.57. The zero-order chi connectivity index (χ0) is 11.3. The van der Waals surface area contributed by atoms with Crippen LogP contribution in [-0.4, -0.2) is 6.04 Å². The van der Waals surface area contributed by atoms with Gasteiger partial charge in [0.15, 0.2) is 0 Å². The van der Waals surface area contributed by atoms with Gasteiger partial charge in [0.25, 0.3) is 0 Å². The van der Waals surface area contributed by atoms with Crippen molar-refractivity contribution in [3.8, 4) is 0 Å². The van der Waals surface area contributed by atoms with Crippen LogP contribution in [0.15, 0.2) is 12.1 Å². The number of hydrogen-bond acceptors (Lipinski definition) is 2. The number of thiophene rings is 1. The maximum Gasteiger partial charge on any atom is 0.00790 e. The van der Waals surface area contributed by atoms with Gasteiger partial charge in [0.05, 0.1) is 0 Å². The predicted octanol–water partition coefficient (Wildman–Crippen LogP) is 3.93. The highest BCUT2D eigenvalue weighted by Gasteiger charge is 2.12. The topological polar surface area (TPSA) is 26.0 Å². The lowest BCUT2D eigenvalue weighted by Gasteiger charge is -2.14. The Labute approximate surface area is 97.7 Å². The third-order valence-corrected chi connectivity index (χ3v) is 4.29. The molecule has 1 nitrogen and oxygen atoms in total. The van der Waals surface area contributed by atoms with E-state index in [1.807, 2.05) is 11.3 Å². The van der Waals surface area contributed by atoms with Gasteiger partial charge in [-0.2, -0.15) is 0 Å². The predicted molar refractivity (Wildman–Crippen MR) is 69.6 cm³/mol. The van der Waals surface area contributed by atoms with E-state index < -0.39 is 0 Å². The Hall–Kier alpha value is -0.340. The van der Waals surface area contributed by atoms with Gasteiger partial charge in [-0.05, 0) is 50.7 Å². The first kappa shape index (κ1) is 12.7. The summed E-state index contributed by atoms with van der Waals surface area (Å²) in [6.07, 6.45) is 4.76. The number of hydrogen-bond donors (Lipinski definition) is 1. The van der Waals surface area contributed by atoms with Gasteiger partial charge in [0.2, 0.25) is 0 Å². The molecule has 86 valence electrons. The van der Waals surface area contributed by atoms with Gasteiger partial charge in [-0.15, -0.1) is 11.3 Å². The van der Waals surface area contributed by atoms with Crippen LogP contribution in [0.4, 0.5) is 0 Å².